The highest BCUT2D eigenvalue weighted by Crippen LogP contribution is 2.19. The second-order valence-electron chi connectivity index (χ2n) is 5.39. The Morgan fingerprint density at radius 3 is 2.64 bits per heavy atom. The third kappa shape index (κ3) is 6.13. The van der Waals surface area contributed by atoms with E-state index >= 15 is 0 Å². The first-order valence-electron chi connectivity index (χ1n) is 8.13. The van der Waals surface area contributed by atoms with Crippen molar-refractivity contribution in [2.45, 2.75) is 19.1 Å². The van der Waals surface area contributed by atoms with Gasteiger partial charge >= 0.3 is 11.9 Å². The molecular weight excluding hydrogens is 324 g/mol. The third-order valence-corrected chi connectivity index (χ3v) is 3.42. The van der Waals surface area contributed by atoms with Crippen LogP contribution in [-0.4, -0.2) is 55.1 Å². The lowest BCUT2D eigenvalue weighted by molar-refractivity contribution is -0.440. The van der Waals surface area contributed by atoms with Crippen LogP contribution in [0.3, 0.4) is 0 Å². The largest absolute Gasteiger partial charge is 0.460 e. The van der Waals surface area contributed by atoms with Crippen LogP contribution in [0, 0.1) is 0 Å². The Hall–Kier alpha value is -2.51. The van der Waals surface area contributed by atoms with Gasteiger partial charge in [0, 0.05) is 18.2 Å². The van der Waals surface area contributed by atoms with Crippen LogP contribution in [0.5, 0.6) is 0 Å². The molecule has 1 aliphatic rings. The van der Waals surface area contributed by atoms with Gasteiger partial charge in [-0.05, 0) is 6.92 Å². The van der Waals surface area contributed by atoms with Gasteiger partial charge in [0.2, 0.25) is 12.6 Å². The molecule has 0 radical (unpaired) electrons. The van der Waals surface area contributed by atoms with E-state index in [1.54, 1.807) is 47.3 Å². The summed E-state index contributed by atoms with van der Waals surface area (Å²) in [4.78, 5) is 24.5. The molecule has 25 heavy (non-hydrogen) atoms. The molecule has 2 unspecified atom stereocenters. The lowest BCUT2D eigenvalue weighted by atomic mass is 10.1. The summed E-state index contributed by atoms with van der Waals surface area (Å²) in [5, 5.41) is 0. The van der Waals surface area contributed by atoms with Gasteiger partial charge in [-0.2, -0.15) is 4.58 Å². The lowest BCUT2D eigenvalue weighted by Gasteiger charge is -2.16. The van der Waals surface area contributed by atoms with Crippen molar-refractivity contribution < 1.29 is 28.4 Å². The van der Waals surface area contributed by atoms with Crippen LogP contribution in [0.25, 0.3) is 0 Å². The van der Waals surface area contributed by atoms with E-state index in [1.165, 1.54) is 0 Å². The number of esters is 2. The first-order valence-corrected chi connectivity index (χ1v) is 8.13. The minimum atomic E-state index is -1.12. The van der Waals surface area contributed by atoms with Crippen molar-refractivity contribution in [2.24, 2.45) is 5.73 Å². The molecule has 0 saturated heterocycles. The molecule has 0 aromatic heterocycles. The van der Waals surface area contributed by atoms with E-state index in [-0.39, 0.29) is 19.2 Å². The van der Waals surface area contributed by atoms with Crippen molar-refractivity contribution in [1.29, 1.82) is 0 Å². The number of rotatable bonds is 9. The molecule has 2 N–H and O–H groups in total. The first kappa shape index (κ1) is 18.8. The Bertz CT molecular complexity index is 642. The van der Waals surface area contributed by atoms with E-state index in [4.69, 9.17) is 19.9 Å². The van der Waals surface area contributed by atoms with Crippen molar-refractivity contribution in [3.63, 3.8) is 0 Å². The van der Waals surface area contributed by atoms with Crippen molar-refractivity contribution in [1.82, 2.24) is 0 Å². The average Bonchev–Trinajstić information content (AvgIpc) is 3.02. The second kappa shape index (κ2) is 9.71. The standard InChI is InChI=1S/C18H23N2O5/c1-2-23-10-11-24-18(22)17(14-6-4-3-5-7-14)25-16(21)13-20-9-8-15(19)12-20/h3-9,12,15,17H,2,10-11,13,19H2,1H3/q+1. The quantitative estimate of drug-likeness (QED) is 0.403. The molecule has 0 fully saturated rings. The summed E-state index contributed by atoms with van der Waals surface area (Å²) in [5.41, 5.74) is 6.25. The van der Waals surface area contributed by atoms with Crippen LogP contribution in [0.15, 0.2) is 42.6 Å². The number of carbonyl (C=O) groups excluding carboxylic acids is 2. The van der Waals surface area contributed by atoms with E-state index in [0.717, 1.165) is 0 Å². The number of ether oxygens (including phenoxy) is 3. The number of nitrogens with zero attached hydrogens (tertiary/aromatic N) is 1. The summed E-state index contributed by atoms with van der Waals surface area (Å²) in [6.45, 7) is 2.76. The summed E-state index contributed by atoms with van der Waals surface area (Å²) in [5.74, 6) is -1.18. The molecule has 0 spiro atoms. The van der Waals surface area contributed by atoms with Gasteiger partial charge in [0.1, 0.15) is 12.6 Å². The zero-order chi connectivity index (χ0) is 18.1. The molecule has 1 aliphatic heterocycles. The van der Waals surface area contributed by atoms with Gasteiger partial charge in [-0.15, -0.1) is 0 Å². The highest BCUT2D eigenvalue weighted by Gasteiger charge is 2.28. The van der Waals surface area contributed by atoms with Crippen LogP contribution in [0.2, 0.25) is 0 Å². The van der Waals surface area contributed by atoms with Gasteiger partial charge < -0.3 is 19.9 Å². The van der Waals surface area contributed by atoms with Gasteiger partial charge in [-0.1, -0.05) is 30.3 Å². The van der Waals surface area contributed by atoms with E-state index < -0.39 is 18.0 Å². The Balaban J connectivity index is 1.99. The van der Waals surface area contributed by atoms with E-state index in [1.807, 2.05) is 13.0 Å². The van der Waals surface area contributed by atoms with Gasteiger partial charge in [-0.25, -0.2) is 9.59 Å². The first-order chi connectivity index (χ1) is 12.1. The molecule has 0 amide bonds. The van der Waals surface area contributed by atoms with Gasteiger partial charge in [0.05, 0.1) is 6.61 Å². The average molecular weight is 347 g/mol. The highest BCUT2D eigenvalue weighted by atomic mass is 16.6. The lowest BCUT2D eigenvalue weighted by Crippen LogP contribution is -2.28. The molecule has 0 saturated carbocycles. The SMILES string of the molecule is CCOCCOC(=O)C(OC(=O)C[N+]1=CC(N)C=C1)c1ccccc1. The zero-order valence-corrected chi connectivity index (χ0v) is 14.2. The van der Waals surface area contributed by atoms with Gasteiger partial charge in [0.15, 0.2) is 12.4 Å². The highest BCUT2D eigenvalue weighted by molar-refractivity contribution is 5.81. The Kier molecular flexibility index (Phi) is 7.31. The normalized spacial score (nSPS) is 17.0. The number of carbonyl (C=O) groups is 2. The van der Waals surface area contributed by atoms with E-state index in [2.05, 4.69) is 0 Å². The molecule has 0 bridgehead atoms. The van der Waals surface area contributed by atoms with Gasteiger partial charge in [-0.3, -0.25) is 0 Å². The van der Waals surface area contributed by atoms with E-state index in [0.29, 0.717) is 18.8 Å². The minimum absolute atomic E-state index is 0.0280. The minimum Gasteiger partial charge on any atom is -0.460 e. The fourth-order valence-corrected chi connectivity index (χ4v) is 2.25. The molecular formula is C18H23N2O5+. The van der Waals surface area contributed by atoms with Crippen molar-refractivity contribution >= 4 is 18.2 Å². The van der Waals surface area contributed by atoms with Gasteiger partial charge in [0.25, 0.3) is 0 Å². The molecule has 1 heterocycles. The number of hydrogen-bond acceptors (Lipinski definition) is 6. The number of hydrogen-bond donors (Lipinski definition) is 1. The topological polar surface area (TPSA) is 90.9 Å². The second-order valence-corrected chi connectivity index (χ2v) is 5.39. The predicted octanol–water partition coefficient (Wildman–Crippen LogP) is 0.789. The van der Waals surface area contributed by atoms with Crippen LogP contribution in [0.1, 0.15) is 18.6 Å². The van der Waals surface area contributed by atoms with Crippen molar-refractivity contribution in [2.75, 3.05) is 26.4 Å². The fourth-order valence-electron chi connectivity index (χ4n) is 2.25. The Morgan fingerprint density at radius 2 is 2.00 bits per heavy atom. The summed E-state index contributed by atoms with van der Waals surface area (Å²) in [6, 6.07) is 8.54. The maximum Gasteiger partial charge on any atom is 0.373 e. The summed E-state index contributed by atoms with van der Waals surface area (Å²) >= 11 is 0. The van der Waals surface area contributed by atoms with Crippen LogP contribution >= 0.6 is 0 Å². The third-order valence-electron chi connectivity index (χ3n) is 3.42. The predicted molar refractivity (Wildman–Crippen MR) is 91.0 cm³/mol. The van der Waals surface area contributed by atoms with E-state index in [9.17, 15) is 9.59 Å². The maximum atomic E-state index is 12.3. The van der Waals surface area contributed by atoms with Crippen molar-refractivity contribution in [3.8, 4) is 0 Å². The molecule has 2 rings (SSSR count). The van der Waals surface area contributed by atoms with Crippen molar-refractivity contribution in [3.05, 3.63) is 48.2 Å². The molecule has 0 aliphatic carbocycles. The fraction of sp³-hybridized carbons (Fsp3) is 0.389. The van der Waals surface area contributed by atoms with Crippen LogP contribution in [-0.2, 0) is 23.8 Å². The molecule has 7 nitrogen and oxygen atoms in total. The molecule has 1 aromatic carbocycles. The monoisotopic (exact) mass is 347 g/mol. The molecule has 134 valence electrons. The maximum absolute atomic E-state index is 12.3. The smallest absolute Gasteiger partial charge is 0.373 e. The van der Waals surface area contributed by atoms with Crippen LogP contribution in [0.4, 0.5) is 0 Å². The zero-order valence-electron chi connectivity index (χ0n) is 14.2. The summed E-state index contributed by atoms with van der Waals surface area (Å²) < 4.78 is 17.3. The molecule has 1 aromatic rings. The van der Waals surface area contributed by atoms with Crippen LogP contribution < -0.4 is 5.73 Å². The summed E-state index contributed by atoms with van der Waals surface area (Å²) in [7, 11) is 0. The number of nitrogens with two attached hydrogens (primary N) is 1. The molecule has 2 atom stereocenters. The Morgan fingerprint density at radius 1 is 1.24 bits per heavy atom. The Labute approximate surface area is 146 Å². The number of benzene rings is 1. The summed E-state index contributed by atoms with van der Waals surface area (Å²) in [6.07, 6.45) is 4.03. The molecule has 7 heteroatoms.